The SMILES string of the molecule is CNN(C(=O)CN1Cc2c(cccc2OCCCC(=O)N(Cc2ccccc2)Cc2ccccc2)N=C1NC(=O)NC(C)(C)C)c1ccccc1C. The van der Waals surface area contributed by atoms with Gasteiger partial charge in [-0.15, -0.1) is 0 Å². The smallest absolute Gasteiger partial charge is 0.321 e. The molecule has 52 heavy (non-hydrogen) atoms. The summed E-state index contributed by atoms with van der Waals surface area (Å²) in [5.74, 6) is 0.674. The lowest BCUT2D eigenvalue weighted by molar-refractivity contribution is -0.132. The van der Waals surface area contributed by atoms with Gasteiger partial charge in [0.05, 0.1) is 24.5 Å². The number of carbonyl (C=O) groups is 3. The molecule has 0 radical (unpaired) electrons. The van der Waals surface area contributed by atoms with Crippen LogP contribution in [-0.2, 0) is 29.2 Å². The third-order valence-electron chi connectivity index (χ3n) is 8.43. The number of guanidine groups is 1. The Labute approximate surface area is 306 Å². The molecule has 1 aliphatic rings. The van der Waals surface area contributed by atoms with Gasteiger partial charge in [0, 0.05) is 37.7 Å². The van der Waals surface area contributed by atoms with Crippen LogP contribution in [-0.4, -0.2) is 59.3 Å². The zero-order chi connectivity index (χ0) is 37.1. The zero-order valence-corrected chi connectivity index (χ0v) is 30.7. The molecule has 11 heteroatoms. The van der Waals surface area contributed by atoms with E-state index in [0.717, 1.165) is 27.9 Å². The van der Waals surface area contributed by atoms with Gasteiger partial charge in [-0.2, -0.15) is 0 Å². The third kappa shape index (κ3) is 10.4. The number of anilines is 1. The average molecular weight is 704 g/mol. The zero-order valence-electron chi connectivity index (χ0n) is 30.7. The van der Waals surface area contributed by atoms with Gasteiger partial charge in [0.1, 0.15) is 12.3 Å². The van der Waals surface area contributed by atoms with E-state index in [-0.39, 0.29) is 30.9 Å². The molecule has 1 aliphatic heterocycles. The lowest BCUT2D eigenvalue weighted by atomic mass is 10.1. The number of para-hydroxylation sites is 1. The Morgan fingerprint density at radius 3 is 2.08 bits per heavy atom. The third-order valence-corrected chi connectivity index (χ3v) is 8.43. The molecule has 11 nitrogen and oxygen atoms in total. The van der Waals surface area contributed by atoms with Crippen LogP contribution in [0.2, 0.25) is 0 Å². The summed E-state index contributed by atoms with van der Waals surface area (Å²) in [7, 11) is 1.69. The number of rotatable bonds is 13. The molecule has 0 unspecified atom stereocenters. The van der Waals surface area contributed by atoms with Crippen LogP contribution in [0, 0.1) is 6.92 Å². The Balaban J connectivity index is 1.29. The maximum Gasteiger partial charge on any atom is 0.321 e. The van der Waals surface area contributed by atoms with Gasteiger partial charge in [0.2, 0.25) is 11.9 Å². The number of carbonyl (C=O) groups excluding carboxylic acids is 3. The number of hydrazine groups is 1. The van der Waals surface area contributed by atoms with Crippen molar-refractivity contribution in [3.8, 4) is 5.75 Å². The van der Waals surface area contributed by atoms with E-state index in [4.69, 9.17) is 9.73 Å². The van der Waals surface area contributed by atoms with Gasteiger partial charge in [-0.25, -0.2) is 20.2 Å². The van der Waals surface area contributed by atoms with E-state index < -0.39 is 11.6 Å². The minimum atomic E-state index is -0.478. The Hall–Kier alpha value is -5.68. The standard InChI is InChI=1S/C41H49N7O4/c1-30-16-12-13-22-35(30)48(42-5)38(50)29-47-28-33-34(43-39(47)44-40(51)45-41(2,3)4)21-14-23-36(33)52-25-15-24-37(49)46(26-31-17-8-6-9-18-31)27-32-19-10-7-11-20-32/h6-14,16-23,42H,15,24-29H2,1-5H3,(H2,43,44,45,51). The van der Waals surface area contributed by atoms with E-state index in [1.165, 1.54) is 5.01 Å². The van der Waals surface area contributed by atoms with Crippen LogP contribution < -0.4 is 25.8 Å². The molecule has 0 saturated heterocycles. The second kappa shape index (κ2) is 17.5. The largest absolute Gasteiger partial charge is 0.493 e. The fraction of sp³-hybridized carbons (Fsp3) is 0.317. The molecule has 5 rings (SSSR count). The molecule has 4 amide bonds. The summed E-state index contributed by atoms with van der Waals surface area (Å²) < 4.78 is 6.29. The van der Waals surface area contributed by atoms with Crippen molar-refractivity contribution in [2.75, 3.05) is 25.2 Å². The summed E-state index contributed by atoms with van der Waals surface area (Å²) in [6, 6.07) is 32.7. The van der Waals surface area contributed by atoms with Gasteiger partial charge in [-0.05, 0) is 69.0 Å². The van der Waals surface area contributed by atoms with Gasteiger partial charge in [-0.1, -0.05) is 84.9 Å². The Morgan fingerprint density at radius 1 is 0.827 bits per heavy atom. The summed E-state index contributed by atoms with van der Waals surface area (Å²) in [6.07, 6.45) is 0.838. The monoisotopic (exact) mass is 703 g/mol. The van der Waals surface area contributed by atoms with E-state index >= 15 is 0 Å². The van der Waals surface area contributed by atoms with Crippen molar-refractivity contribution in [2.45, 2.75) is 65.7 Å². The van der Waals surface area contributed by atoms with Crippen LogP contribution in [0.1, 0.15) is 55.9 Å². The van der Waals surface area contributed by atoms with Gasteiger partial charge in [-0.3, -0.25) is 14.9 Å². The van der Waals surface area contributed by atoms with Crippen LogP contribution in [0.25, 0.3) is 0 Å². The molecule has 1 heterocycles. The average Bonchev–Trinajstić information content (AvgIpc) is 3.11. The lowest BCUT2D eigenvalue weighted by Gasteiger charge is -2.33. The van der Waals surface area contributed by atoms with Crippen LogP contribution >= 0.6 is 0 Å². The van der Waals surface area contributed by atoms with Crippen LogP contribution in [0.4, 0.5) is 16.2 Å². The molecule has 0 spiro atoms. The minimum Gasteiger partial charge on any atom is -0.493 e. The van der Waals surface area contributed by atoms with E-state index in [1.54, 1.807) is 11.9 Å². The quantitative estimate of drug-likeness (QED) is 0.109. The molecule has 4 aromatic carbocycles. The highest BCUT2D eigenvalue weighted by Gasteiger charge is 2.29. The predicted molar refractivity (Wildman–Crippen MR) is 205 cm³/mol. The first kappa shape index (κ1) is 37.6. The maximum absolute atomic E-state index is 13.8. The number of ether oxygens (including phenoxy) is 1. The number of aliphatic imine (C=N–C) groups is 1. The fourth-order valence-electron chi connectivity index (χ4n) is 5.95. The molecule has 4 aromatic rings. The molecule has 0 fully saturated rings. The predicted octanol–water partition coefficient (Wildman–Crippen LogP) is 6.45. The molecule has 0 bridgehead atoms. The van der Waals surface area contributed by atoms with Gasteiger partial charge >= 0.3 is 6.03 Å². The molecule has 0 aromatic heterocycles. The summed E-state index contributed by atoms with van der Waals surface area (Å²) in [5.41, 5.74) is 7.75. The molecular formula is C41H49N7O4. The van der Waals surface area contributed by atoms with Crippen molar-refractivity contribution >= 4 is 35.2 Å². The number of nitrogens with one attached hydrogen (secondary N) is 3. The number of fused-ring (bicyclic) bond motifs is 1. The van der Waals surface area contributed by atoms with Crippen molar-refractivity contribution < 1.29 is 19.1 Å². The number of amides is 4. The topological polar surface area (TPSA) is 119 Å². The lowest BCUT2D eigenvalue weighted by Crippen LogP contribution is -2.55. The number of urea groups is 1. The van der Waals surface area contributed by atoms with Crippen LogP contribution in [0.15, 0.2) is 108 Å². The molecular weight excluding hydrogens is 654 g/mol. The molecule has 0 aliphatic carbocycles. The van der Waals surface area contributed by atoms with Crippen LogP contribution in [0.5, 0.6) is 5.75 Å². The first-order valence-corrected chi connectivity index (χ1v) is 17.6. The Bertz CT molecular complexity index is 1820. The number of hydrogen-bond acceptors (Lipinski definition) is 7. The number of aryl methyl sites for hydroxylation is 1. The van der Waals surface area contributed by atoms with Crippen LogP contribution in [0.3, 0.4) is 0 Å². The van der Waals surface area contributed by atoms with Gasteiger partial charge < -0.3 is 19.9 Å². The molecule has 0 saturated carbocycles. The molecule has 272 valence electrons. The van der Waals surface area contributed by atoms with Crippen molar-refractivity contribution in [1.82, 2.24) is 25.9 Å². The first-order valence-electron chi connectivity index (χ1n) is 17.6. The van der Waals surface area contributed by atoms with Crippen molar-refractivity contribution in [3.05, 3.63) is 125 Å². The number of nitrogens with zero attached hydrogens (tertiary/aromatic N) is 4. The normalized spacial score (nSPS) is 12.3. The van der Waals surface area contributed by atoms with Crippen molar-refractivity contribution in [2.24, 2.45) is 4.99 Å². The summed E-state index contributed by atoms with van der Waals surface area (Å²) in [5, 5.41) is 7.26. The molecule has 0 atom stereocenters. The highest BCUT2D eigenvalue weighted by atomic mass is 16.5. The maximum atomic E-state index is 13.8. The summed E-state index contributed by atoms with van der Waals surface area (Å²) in [6.45, 7) is 9.15. The minimum absolute atomic E-state index is 0.0488. The van der Waals surface area contributed by atoms with E-state index in [9.17, 15) is 14.4 Å². The second-order valence-electron chi connectivity index (χ2n) is 13.8. The van der Waals surface area contributed by atoms with E-state index in [2.05, 4.69) is 16.1 Å². The highest BCUT2D eigenvalue weighted by Crippen LogP contribution is 2.34. The van der Waals surface area contributed by atoms with Gasteiger partial charge in [0.25, 0.3) is 5.91 Å². The van der Waals surface area contributed by atoms with Gasteiger partial charge in [0.15, 0.2) is 0 Å². The molecule has 3 N–H and O–H groups in total. The fourth-order valence-corrected chi connectivity index (χ4v) is 5.95. The number of benzene rings is 4. The Morgan fingerprint density at radius 2 is 1.46 bits per heavy atom. The van der Waals surface area contributed by atoms with E-state index in [0.29, 0.717) is 44.0 Å². The van der Waals surface area contributed by atoms with Crippen molar-refractivity contribution in [1.29, 1.82) is 0 Å². The summed E-state index contributed by atoms with van der Waals surface area (Å²) in [4.78, 5) is 48.7. The Kier molecular flexibility index (Phi) is 12.6. The number of hydrogen-bond donors (Lipinski definition) is 3. The van der Waals surface area contributed by atoms with E-state index in [1.807, 2.05) is 136 Å². The van der Waals surface area contributed by atoms with Crippen molar-refractivity contribution in [3.63, 3.8) is 0 Å². The second-order valence-corrected chi connectivity index (χ2v) is 13.8. The first-order chi connectivity index (χ1) is 25.0. The highest BCUT2D eigenvalue weighted by molar-refractivity contribution is 6.02. The summed E-state index contributed by atoms with van der Waals surface area (Å²) >= 11 is 0.